The average Bonchev–Trinajstić information content (AvgIpc) is 2.76. The van der Waals surface area contributed by atoms with Crippen molar-refractivity contribution in [2.75, 3.05) is 0 Å². The van der Waals surface area contributed by atoms with Crippen LogP contribution in [0.15, 0.2) is 0 Å². The maximum atomic E-state index is 4.28. The number of hydrogen-bond acceptors (Lipinski definition) is 4. The number of nitrogens with zero attached hydrogens (tertiary/aromatic N) is 4. The molecule has 2 aliphatic carbocycles. The van der Waals surface area contributed by atoms with Crippen molar-refractivity contribution in [1.82, 2.24) is 30.8 Å². The van der Waals surface area contributed by atoms with Crippen molar-refractivity contribution in [2.24, 2.45) is 11.8 Å². The summed E-state index contributed by atoms with van der Waals surface area (Å²) in [5.74, 6) is 2.94. The lowest BCUT2D eigenvalue weighted by Crippen LogP contribution is -1.91. The van der Waals surface area contributed by atoms with Gasteiger partial charge in [0.2, 0.25) is 5.82 Å². The van der Waals surface area contributed by atoms with E-state index in [-0.39, 0.29) is 0 Å². The maximum absolute atomic E-state index is 4.28. The fraction of sp³-hybridized carbons (Fsp3) is 0.556. The number of tetrazole rings is 1. The van der Waals surface area contributed by atoms with E-state index >= 15 is 0 Å². The van der Waals surface area contributed by atoms with Gasteiger partial charge in [-0.25, -0.2) is 0 Å². The third-order valence-corrected chi connectivity index (χ3v) is 3.79. The SMILES string of the molecule is CC1[C@H]2c3[nH]nc(-c4nn[nH]n4)c3C[C@@H]12. The molecule has 0 saturated heterocycles. The van der Waals surface area contributed by atoms with Crippen LogP contribution in [0.1, 0.15) is 24.1 Å². The molecule has 2 heterocycles. The molecule has 6 heteroatoms. The monoisotopic (exact) mass is 202 g/mol. The second-order valence-corrected chi connectivity index (χ2v) is 4.45. The van der Waals surface area contributed by atoms with Gasteiger partial charge in [-0.1, -0.05) is 6.92 Å². The molecule has 0 amide bonds. The Balaban J connectivity index is 1.85. The summed E-state index contributed by atoms with van der Waals surface area (Å²) in [6.07, 6.45) is 1.11. The molecule has 0 bridgehead atoms. The van der Waals surface area contributed by atoms with Crippen LogP contribution in [-0.4, -0.2) is 30.8 Å². The van der Waals surface area contributed by atoms with E-state index in [1.54, 1.807) is 0 Å². The van der Waals surface area contributed by atoms with Crippen LogP contribution < -0.4 is 0 Å². The molecule has 1 saturated carbocycles. The first-order valence-corrected chi connectivity index (χ1v) is 5.17. The molecule has 2 aliphatic rings. The van der Waals surface area contributed by atoms with Crippen LogP contribution in [0.5, 0.6) is 0 Å². The minimum atomic E-state index is 0.599. The van der Waals surface area contributed by atoms with Crippen LogP contribution in [0, 0.1) is 11.8 Å². The van der Waals surface area contributed by atoms with E-state index in [9.17, 15) is 0 Å². The van der Waals surface area contributed by atoms with Gasteiger partial charge in [0.1, 0.15) is 5.69 Å². The smallest absolute Gasteiger partial charge is 0.225 e. The summed E-state index contributed by atoms with van der Waals surface area (Å²) in [7, 11) is 0. The Morgan fingerprint density at radius 3 is 3.07 bits per heavy atom. The van der Waals surface area contributed by atoms with Crippen molar-refractivity contribution in [1.29, 1.82) is 0 Å². The Morgan fingerprint density at radius 1 is 1.33 bits per heavy atom. The molecule has 2 aromatic rings. The third-order valence-electron chi connectivity index (χ3n) is 3.79. The normalized spacial score (nSPS) is 31.4. The molecular formula is C9H10N6. The Labute approximate surface area is 85.5 Å². The number of H-pyrrole nitrogens is 2. The highest BCUT2D eigenvalue weighted by atomic mass is 15.5. The molecule has 0 radical (unpaired) electrons. The molecular weight excluding hydrogens is 192 g/mol. The van der Waals surface area contributed by atoms with Gasteiger partial charge in [0.15, 0.2) is 0 Å². The van der Waals surface area contributed by atoms with Crippen LogP contribution in [0.2, 0.25) is 0 Å². The van der Waals surface area contributed by atoms with E-state index in [4.69, 9.17) is 0 Å². The van der Waals surface area contributed by atoms with E-state index in [0.717, 1.165) is 24.0 Å². The van der Waals surface area contributed by atoms with Gasteiger partial charge in [-0.3, -0.25) is 5.10 Å². The Hall–Kier alpha value is -1.72. The molecule has 0 aromatic carbocycles. The maximum Gasteiger partial charge on any atom is 0.225 e. The Bertz CT molecular complexity index is 513. The Morgan fingerprint density at radius 2 is 2.27 bits per heavy atom. The van der Waals surface area contributed by atoms with Gasteiger partial charge in [0.05, 0.1) is 0 Å². The van der Waals surface area contributed by atoms with Crippen molar-refractivity contribution in [3.8, 4) is 11.5 Å². The first-order valence-electron chi connectivity index (χ1n) is 5.17. The zero-order valence-electron chi connectivity index (χ0n) is 8.23. The lowest BCUT2D eigenvalue weighted by molar-refractivity contribution is 0.753. The fourth-order valence-corrected chi connectivity index (χ4v) is 2.88. The average molecular weight is 202 g/mol. The molecule has 2 N–H and O–H groups in total. The van der Waals surface area contributed by atoms with E-state index in [1.165, 1.54) is 11.3 Å². The third kappa shape index (κ3) is 0.800. The summed E-state index contributed by atoms with van der Waals surface area (Å²) < 4.78 is 0. The van der Waals surface area contributed by atoms with Gasteiger partial charge in [0.25, 0.3) is 0 Å². The van der Waals surface area contributed by atoms with Crippen molar-refractivity contribution >= 4 is 0 Å². The van der Waals surface area contributed by atoms with Crippen molar-refractivity contribution in [2.45, 2.75) is 19.3 Å². The molecule has 15 heavy (non-hydrogen) atoms. The highest BCUT2D eigenvalue weighted by molar-refractivity contribution is 5.59. The summed E-state index contributed by atoms with van der Waals surface area (Å²) in [6.45, 7) is 2.30. The zero-order chi connectivity index (χ0) is 9.99. The molecule has 1 unspecified atom stereocenters. The second kappa shape index (κ2) is 2.26. The van der Waals surface area contributed by atoms with E-state index in [0.29, 0.717) is 11.7 Å². The largest absolute Gasteiger partial charge is 0.281 e. The molecule has 4 rings (SSSR count). The Kier molecular flexibility index (Phi) is 1.14. The van der Waals surface area contributed by atoms with Crippen molar-refractivity contribution < 1.29 is 0 Å². The van der Waals surface area contributed by atoms with Gasteiger partial charge < -0.3 is 0 Å². The highest BCUT2D eigenvalue weighted by Gasteiger charge is 2.55. The van der Waals surface area contributed by atoms with Gasteiger partial charge in [-0.2, -0.15) is 10.3 Å². The first-order chi connectivity index (χ1) is 7.36. The van der Waals surface area contributed by atoms with Crippen molar-refractivity contribution in [3.63, 3.8) is 0 Å². The van der Waals surface area contributed by atoms with Crippen LogP contribution in [0.3, 0.4) is 0 Å². The quantitative estimate of drug-likeness (QED) is 0.705. The molecule has 2 aromatic heterocycles. The predicted octanol–water partition coefficient (Wildman–Crippen LogP) is 0.495. The van der Waals surface area contributed by atoms with Crippen molar-refractivity contribution in [3.05, 3.63) is 11.3 Å². The van der Waals surface area contributed by atoms with Gasteiger partial charge >= 0.3 is 0 Å². The molecule has 0 aliphatic heterocycles. The zero-order valence-corrected chi connectivity index (χ0v) is 8.23. The summed E-state index contributed by atoms with van der Waals surface area (Å²) >= 11 is 0. The summed E-state index contributed by atoms with van der Waals surface area (Å²) in [5.41, 5.74) is 3.47. The molecule has 6 nitrogen and oxygen atoms in total. The number of hydrogen-bond donors (Lipinski definition) is 2. The topological polar surface area (TPSA) is 83.1 Å². The molecule has 76 valence electrons. The minimum absolute atomic E-state index is 0.599. The number of aromatic amines is 2. The van der Waals surface area contributed by atoms with Gasteiger partial charge in [0, 0.05) is 17.2 Å². The molecule has 3 atom stereocenters. The minimum Gasteiger partial charge on any atom is -0.281 e. The number of aromatic nitrogens is 6. The molecule has 0 spiro atoms. The number of rotatable bonds is 1. The summed E-state index contributed by atoms with van der Waals surface area (Å²) in [4.78, 5) is 0. The standard InChI is InChI=1S/C9H10N6/c1-3-4-2-5-7(6(3)4)10-11-8(5)9-12-14-15-13-9/h3-4,6H,2H2,1H3,(H,10,11)(H,12,13,14,15)/t3?,4-,6+/m0/s1. The van der Waals surface area contributed by atoms with Crippen LogP contribution in [-0.2, 0) is 6.42 Å². The van der Waals surface area contributed by atoms with E-state index in [1.807, 2.05) is 0 Å². The molecule has 1 fully saturated rings. The van der Waals surface area contributed by atoms with E-state index < -0.39 is 0 Å². The van der Waals surface area contributed by atoms with Gasteiger partial charge in [-0.15, -0.1) is 10.2 Å². The van der Waals surface area contributed by atoms with Crippen LogP contribution in [0.4, 0.5) is 0 Å². The number of nitrogens with one attached hydrogen (secondary N) is 2. The van der Waals surface area contributed by atoms with Gasteiger partial charge in [-0.05, 0) is 23.5 Å². The number of fused-ring (bicyclic) bond motifs is 3. The van der Waals surface area contributed by atoms with Crippen LogP contribution in [0.25, 0.3) is 11.5 Å². The van der Waals surface area contributed by atoms with E-state index in [2.05, 4.69) is 37.7 Å². The summed E-state index contributed by atoms with van der Waals surface area (Å²) in [5, 5.41) is 21.4. The lowest BCUT2D eigenvalue weighted by Gasteiger charge is -1.97. The fourth-order valence-electron chi connectivity index (χ4n) is 2.88. The second-order valence-electron chi connectivity index (χ2n) is 4.45. The first kappa shape index (κ1) is 7.56. The highest BCUT2D eigenvalue weighted by Crippen LogP contribution is 2.61. The lowest BCUT2D eigenvalue weighted by atomic mass is 10.1. The predicted molar refractivity (Wildman–Crippen MR) is 50.9 cm³/mol. The van der Waals surface area contributed by atoms with Crippen LogP contribution >= 0.6 is 0 Å². The summed E-state index contributed by atoms with van der Waals surface area (Å²) in [6, 6.07) is 0.